The van der Waals surface area contributed by atoms with Crippen LogP contribution >= 0.6 is 0 Å². The fourth-order valence-electron chi connectivity index (χ4n) is 1.37. The molecular formula is C10H18N4. The number of hydrogen-bond donors (Lipinski definition) is 4. The van der Waals surface area contributed by atoms with Crippen LogP contribution < -0.4 is 22.1 Å². The minimum Gasteiger partial charge on any atom is -0.397 e. The molecule has 1 aromatic rings. The number of benzene rings is 1. The summed E-state index contributed by atoms with van der Waals surface area (Å²) in [4.78, 5) is 0. The van der Waals surface area contributed by atoms with Crippen molar-refractivity contribution in [1.82, 2.24) is 0 Å². The van der Waals surface area contributed by atoms with Crippen molar-refractivity contribution in [2.24, 2.45) is 0 Å². The number of nitrogens with one attached hydrogen (secondary N) is 2. The first-order chi connectivity index (χ1) is 6.69. The lowest BCUT2D eigenvalue weighted by molar-refractivity contribution is 1.20. The van der Waals surface area contributed by atoms with Crippen LogP contribution in [0.25, 0.3) is 0 Å². The molecule has 0 fully saturated rings. The molecule has 1 aromatic carbocycles. The summed E-state index contributed by atoms with van der Waals surface area (Å²) in [6, 6.07) is 3.77. The van der Waals surface area contributed by atoms with Gasteiger partial charge in [-0.2, -0.15) is 0 Å². The van der Waals surface area contributed by atoms with Crippen molar-refractivity contribution in [3.63, 3.8) is 0 Å². The second-order valence-electron chi connectivity index (χ2n) is 3.09. The SMILES string of the molecule is CCNc1cc(N)c(NCC)c(N)c1. The van der Waals surface area contributed by atoms with Gasteiger partial charge in [0.1, 0.15) is 0 Å². The Kier molecular flexibility index (Phi) is 3.45. The molecule has 1 rings (SSSR count). The average molecular weight is 194 g/mol. The van der Waals surface area contributed by atoms with Gasteiger partial charge >= 0.3 is 0 Å². The molecule has 0 spiro atoms. The Balaban J connectivity index is 2.98. The van der Waals surface area contributed by atoms with E-state index in [1.54, 1.807) is 0 Å². The number of nitrogen functional groups attached to an aromatic ring is 2. The summed E-state index contributed by atoms with van der Waals surface area (Å²) < 4.78 is 0. The molecule has 0 aliphatic carbocycles. The van der Waals surface area contributed by atoms with Gasteiger partial charge in [0, 0.05) is 18.8 Å². The first kappa shape index (κ1) is 10.5. The van der Waals surface area contributed by atoms with Crippen molar-refractivity contribution in [1.29, 1.82) is 0 Å². The predicted molar refractivity (Wildman–Crippen MR) is 63.6 cm³/mol. The van der Waals surface area contributed by atoms with Crippen molar-refractivity contribution in [2.75, 3.05) is 35.2 Å². The van der Waals surface area contributed by atoms with E-state index in [4.69, 9.17) is 11.5 Å². The largest absolute Gasteiger partial charge is 0.397 e. The molecule has 0 saturated carbocycles. The van der Waals surface area contributed by atoms with Gasteiger partial charge in [-0.3, -0.25) is 0 Å². The Morgan fingerprint density at radius 3 is 1.93 bits per heavy atom. The van der Waals surface area contributed by atoms with Gasteiger partial charge in [-0.1, -0.05) is 0 Å². The summed E-state index contributed by atoms with van der Waals surface area (Å²) in [6.07, 6.45) is 0. The van der Waals surface area contributed by atoms with Crippen LogP contribution in [0, 0.1) is 0 Å². The van der Waals surface area contributed by atoms with Crippen LogP contribution in [0.5, 0.6) is 0 Å². The van der Waals surface area contributed by atoms with Crippen LogP contribution in [-0.4, -0.2) is 13.1 Å². The quantitative estimate of drug-likeness (QED) is 0.550. The second-order valence-corrected chi connectivity index (χ2v) is 3.09. The Morgan fingerprint density at radius 2 is 1.50 bits per heavy atom. The maximum atomic E-state index is 5.86. The fourth-order valence-corrected chi connectivity index (χ4v) is 1.37. The minimum absolute atomic E-state index is 0.683. The molecular weight excluding hydrogens is 176 g/mol. The van der Waals surface area contributed by atoms with Crippen molar-refractivity contribution in [3.8, 4) is 0 Å². The summed E-state index contributed by atoms with van der Waals surface area (Å²) in [5.41, 5.74) is 14.9. The van der Waals surface area contributed by atoms with E-state index in [-0.39, 0.29) is 0 Å². The number of anilines is 4. The van der Waals surface area contributed by atoms with E-state index in [9.17, 15) is 0 Å². The van der Waals surface area contributed by atoms with Gasteiger partial charge in [0.05, 0.1) is 17.1 Å². The van der Waals surface area contributed by atoms with Gasteiger partial charge in [-0.25, -0.2) is 0 Å². The van der Waals surface area contributed by atoms with Crippen LogP contribution in [-0.2, 0) is 0 Å². The molecule has 4 heteroatoms. The molecule has 0 aromatic heterocycles. The first-order valence-corrected chi connectivity index (χ1v) is 4.85. The summed E-state index contributed by atoms with van der Waals surface area (Å²) in [6.45, 7) is 5.72. The molecule has 0 unspecified atom stereocenters. The molecule has 78 valence electrons. The molecule has 4 nitrogen and oxygen atoms in total. The molecule has 0 heterocycles. The average Bonchev–Trinajstić information content (AvgIpc) is 2.12. The van der Waals surface area contributed by atoms with Crippen molar-refractivity contribution in [3.05, 3.63) is 12.1 Å². The summed E-state index contributed by atoms with van der Waals surface area (Å²) in [5.74, 6) is 0. The van der Waals surface area contributed by atoms with Gasteiger partial charge < -0.3 is 22.1 Å². The van der Waals surface area contributed by atoms with Gasteiger partial charge in [0.2, 0.25) is 0 Å². The molecule has 0 aliphatic rings. The van der Waals surface area contributed by atoms with Gasteiger partial charge in [0.25, 0.3) is 0 Å². The van der Waals surface area contributed by atoms with E-state index in [0.717, 1.165) is 24.5 Å². The molecule has 0 bridgehead atoms. The fraction of sp³-hybridized carbons (Fsp3) is 0.400. The number of rotatable bonds is 4. The molecule has 6 N–H and O–H groups in total. The van der Waals surface area contributed by atoms with Gasteiger partial charge in [-0.15, -0.1) is 0 Å². The maximum absolute atomic E-state index is 5.86. The summed E-state index contributed by atoms with van der Waals surface area (Å²) in [5, 5.41) is 6.31. The molecule has 0 aliphatic heterocycles. The number of nitrogens with two attached hydrogens (primary N) is 2. The first-order valence-electron chi connectivity index (χ1n) is 4.85. The highest BCUT2D eigenvalue weighted by Gasteiger charge is 2.04. The molecule has 0 radical (unpaired) electrons. The normalized spacial score (nSPS) is 9.86. The minimum atomic E-state index is 0.683. The highest BCUT2D eigenvalue weighted by Crippen LogP contribution is 2.29. The smallest absolute Gasteiger partial charge is 0.0808 e. The van der Waals surface area contributed by atoms with Crippen molar-refractivity contribution in [2.45, 2.75) is 13.8 Å². The van der Waals surface area contributed by atoms with Crippen LogP contribution in [0.4, 0.5) is 22.7 Å². The third-order valence-electron chi connectivity index (χ3n) is 1.93. The zero-order chi connectivity index (χ0) is 10.6. The Morgan fingerprint density at radius 1 is 1.00 bits per heavy atom. The lowest BCUT2D eigenvalue weighted by Gasteiger charge is -2.13. The van der Waals surface area contributed by atoms with E-state index in [0.29, 0.717) is 11.4 Å². The Labute approximate surface area is 84.7 Å². The van der Waals surface area contributed by atoms with E-state index in [1.807, 2.05) is 26.0 Å². The van der Waals surface area contributed by atoms with E-state index in [1.165, 1.54) is 0 Å². The van der Waals surface area contributed by atoms with Crippen molar-refractivity contribution >= 4 is 22.7 Å². The van der Waals surface area contributed by atoms with E-state index in [2.05, 4.69) is 10.6 Å². The van der Waals surface area contributed by atoms with Crippen LogP contribution in [0.2, 0.25) is 0 Å². The van der Waals surface area contributed by atoms with E-state index < -0.39 is 0 Å². The number of hydrogen-bond acceptors (Lipinski definition) is 4. The van der Waals surface area contributed by atoms with Crippen LogP contribution in [0.15, 0.2) is 12.1 Å². The Hall–Kier alpha value is -1.58. The topological polar surface area (TPSA) is 76.1 Å². The standard InChI is InChI=1S/C10H18N4/c1-3-13-7-5-8(11)10(14-4-2)9(12)6-7/h5-6,13-14H,3-4,11-12H2,1-2H3. The third kappa shape index (κ3) is 2.22. The lowest BCUT2D eigenvalue weighted by Crippen LogP contribution is -2.06. The lowest BCUT2D eigenvalue weighted by atomic mass is 10.2. The highest BCUT2D eigenvalue weighted by atomic mass is 14.9. The van der Waals surface area contributed by atoms with E-state index >= 15 is 0 Å². The van der Waals surface area contributed by atoms with Crippen LogP contribution in [0.3, 0.4) is 0 Å². The molecule has 0 atom stereocenters. The van der Waals surface area contributed by atoms with Gasteiger partial charge in [0.15, 0.2) is 0 Å². The zero-order valence-corrected chi connectivity index (χ0v) is 8.72. The molecule has 0 saturated heterocycles. The van der Waals surface area contributed by atoms with Crippen molar-refractivity contribution < 1.29 is 0 Å². The third-order valence-corrected chi connectivity index (χ3v) is 1.93. The second kappa shape index (κ2) is 4.60. The summed E-state index contributed by atoms with van der Waals surface area (Å²) in [7, 11) is 0. The zero-order valence-electron chi connectivity index (χ0n) is 8.72. The maximum Gasteiger partial charge on any atom is 0.0808 e. The monoisotopic (exact) mass is 194 g/mol. The molecule has 0 amide bonds. The van der Waals surface area contributed by atoms with Crippen LogP contribution in [0.1, 0.15) is 13.8 Å². The Bertz CT molecular complexity index is 286. The highest BCUT2D eigenvalue weighted by molar-refractivity contribution is 5.83. The molecule has 14 heavy (non-hydrogen) atoms. The van der Waals surface area contributed by atoms with Gasteiger partial charge in [-0.05, 0) is 26.0 Å². The summed E-state index contributed by atoms with van der Waals surface area (Å²) >= 11 is 0. The predicted octanol–water partition coefficient (Wildman–Crippen LogP) is 1.71.